The van der Waals surface area contributed by atoms with Gasteiger partial charge in [-0.3, -0.25) is 4.99 Å². The molecule has 0 saturated carbocycles. The van der Waals surface area contributed by atoms with E-state index in [1.807, 2.05) is 18.3 Å². The van der Waals surface area contributed by atoms with E-state index in [0.717, 1.165) is 17.7 Å². The maximum absolute atomic E-state index is 8.84. The second-order valence-corrected chi connectivity index (χ2v) is 7.21. The summed E-state index contributed by atoms with van der Waals surface area (Å²) < 4.78 is 0. The summed E-state index contributed by atoms with van der Waals surface area (Å²) in [7, 11) is 2.18. The Balaban J connectivity index is 1.87. The van der Waals surface area contributed by atoms with Crippen molar-refractivity contribution >= 4 is 17.6 Å². The normalized spacial score (nSPS) is 19.1. The molecule has 0 fully saturated rings. The first-order valence-corrected chi connectivity index (χ1v) is 8.33. The van der Waals surface area contributed by atoms with E-state index < -0.39 is 0 Å². The lowest BCUT2D eigenvalue weighted by molar-refractivity contribution is 0.395. The number of hydrogen-bond donors (Lipinski definition) is 0. The molecule has 1 heterocycles. The molecule has 2 aromatic carbocycles. The minimum Gasteiger partial charge on any atom is -0.369 e. The Kier molecular flexibility index (Phi) is 4.15. The first-order valence-electron chi connectivity index (χ1n) is 8.33. The molecule has 3 nitrogen and oxygen atoms in total. The molecule has 1 atom stereocenters. The van der Waals surface area contributed by atoms with Gasteiger partial charge in [0.15, 0.2) is 0 Å². The Bertz CT molecular complexity index is 810. The van der Waals surface area contributed by atoms with Crippen LogP contribution in [0.15, 0.2) is 47.5 Å². The molecule has 2 aromatic rings. The van der Waals surface area contributed by atoms with E-state index >= 15 is 0 Å². The zero-order valence-corrected chi connectivity index (χ0v) is 14.7. The molecule has 0 bridgehead atoms. The second-order valence-electron chi connectivity index (χ2n) is 7.21. The van der Waals surface area contributed by atoms with Crippen molar-refractivity contribution in [2.75, 3.05) is 11.9 Å². The van der Waals surface area contributed by atoms with Crippen LogP contribution in [0.4, 0.5) is 11.4 Å². The molecule has 0 spiro atoms. The number of nitriles is 1. The summed E-state index contributed by atoms with van der Waals surface area (Å²) in [5.41, 5.74) is 5.51. The number of aliphatic imine (C=N–C) groups is 1. The summed E-state index contributed by atoms with van der Waals surface area (Å²) in [5.74, 6) is 0.537. The molecule has 1 aliphatic rings. The van der Waals surface area contributed by atoms with Gasteiger partial charge >= 0.3 is 0 Å². The molecular weight excluding hydrogens is 294 g/mol. The van der Waals surface area contributed by atoms with Gasteiger partial charge in [-0.15, -0.1) is 0 Å². The Labute approximate surface area is 144 Å². The summed E-state index contributed by atoms with van der Waals surface area (Å²) in [6, 6.07) is 16.0. The summed E-state index contributed by atoms with van der Waals surface area (Å²) in [6.45, 7) is 6.90. The molecule has 3 rings (SSSR count). The van der Waals surface area contributed by atoms with E-state index in [9.17, 15) is 0 Å². The molecule has 3 heteroatoms. The Morgan fingerprint density at radius 2 is 1.92 bits per heavy atom. The van der Waals surface area contributed by atoms with Crippen LogP contribution < -0.4 is 4.90 Å². The largest absolute Gasteiger partial charge is 0.369 e. The highest BCUT2D eigenvalue weighted by molar-refractivity contribution is 5.83. The fourth-order valence-corrected chi connectivity index (χ4v) is 3.45. The third kappa shape index (κ3) is 3.05. The highest BCUT2D eigenvalue weighted by Crippen LogP contribution is 2.42. The predicted molar refractivity (Wildman–Crippen MR) is 100 cm³/mol. The maximum Gasteiger partial charge on any atom is 0.0991 e. The molecule has 24 heavy (non-hydrogen) atoms. The molecule has 122 valence electrons. The third-order valence-corrected chi connectivity index (χ3v) is 5.02. The summed E-state index contributed by atoms with van der Waals surface area (Å²) in [5, 5.41) is 8.84. The van der Waals surface area contributed by atoms with Crippen molar-refractivity contribution in [3.8, 4) is 6.07 Å². The van der Waals surface area contributed by atoms with Gasteiger partial charge in [-0.1, -0.05) is 13.0 Å². The van der Waals surface area contributed by atoms with Gasteiger partial charge in [0.05, 0.1) is 17.3 Å². The number of hydrogen-bond acceptors (Lipinski definition) is 3. The molecule has 0 aliphatic carbocycles. The molecule has 0 aromatic heterocycles. The smallest absolute Gasteiger partial charge is 0.0991 e. The van der Waals surface area contributed by atoms with Crippen molar-refractivity contribution in [3.05, 3.63) is 59.2 Å². The Morgan fingerprint density at radius 3 is 2.58 bits per heavy atom. The number of anilines is 1. The van der Waals surface area contributed by atoms with Gasteiger partial charge in [0.1, 0.15) is 0 Å². The van der Waals surface area contributed by atoms with Gasteiger partial charge in [0, 0.05) is 24.5 Å². The molecule has 1 aliphatic heterocycles. The van der Waals surface area contributed by atoms with Crippen LogP contribution in [-0.2, 0) is 0 Å². The SMILES string of the molecule is CC1CC(C)(C)N(C)c2ccc(C=Nc3ccc(C#N)cc3)cc21. The number of benzene rings is 2. The number of rotatable bonds is 2. The first-order chi connectivity index (χ1) is 11.4. The molecule has 0 radical (unpaired) electrons. The van der Waals surface area contributed by atoms with Crippen LogP contribution in [0.2, 0.25) is 0 Å². The maximum atomic E-state index is 8.84. The molecule has 1 unspecified atom stereocenters. The monoisotopic (exact) mass is 317 g/mol. The van der Waals surface area contributed by atoms with Crippen LogP contribution in [-0.4, -0.2) is 18.8 Å². The second kappa shape index (κ2) is 6.13. The number of nitrogens with zero attached hydrogens (tertiary/aromatic N) is 3. The van der Waals surface area contributed by atoms with E-state index in [0.29, 0.717) is 11.5 Å². The van der Waals surface area contributed by atoms with Crippen LogP contribution in [0.3, 0.4) is 0 Å². The van der Waals surface area contributed by atoms with Crippen molar-refractivity contribution in [3.63, 3.8) is 0 Å². The zero-order valence-electron chi connectivity index (χ0n) is 14.7. The van der Waals surface area contributed by atoms with E-state index in [-0.39, 0.29) is 5.54 Å². The highest BCUT2D eigenvalue weighted by atomic mass is 15.2. The topological polar surface area (TPSA) is 39.4 Å². The van der Waals surface area contributed by atoms with Crippen LogP contribution in [0.5, 0.6) is 0 Å². The standard InChI is InChI=1S/C21H23N3/c1-15-12-21(2,3)24(4)20-10-7-17(11-19(15)20)14-23-18-8-5-16(13-22)6-9-18/h5-11,14-15H,12H2,1-4H3. The van der Waals surface area contributed by atoms with Crippen molar-refractivity contribution in [2.24, 2.45) is 4.99 Å². The van der Waals surface area contributed by atoms with Gasteiger partial charge < -0.3 is 4.90 Å². The first kappa shape index (κ1) is 16.3. The minimum atomic E-state index is 0.185. The molecule has 0 amide bonds. The van der Waals surface area contributed by atoms with Crippen LogP contribution >= 0.6 is 0 Å². The summed E-state index contributed by atoms with van der Waals surface area (Å²) in [4.78, 5) is 6.90. The van der Waals surface area contributed by atoms with Crippen LogP contribution in [0.25, 0.3) is 0 Å². The molecular formula is C21H23N3. The van der Waals surface area contributed by atoms with Gasteiger partial charge in [0.2, 0.25) is 0 Å². The lowest BCUT2D eigenvalue weighted by atomic mass is 9.80. The predicted octanol–water partition coefficient (Wildman–Crippen LogP) is 5.03. The van der Waals surface area contributed by atoms with E-state index in [1.165, 1.54) is 11.3 Å². The van der Waals surface area contributed by atoms with Gasteiger partial charge in [-0.25, -0.2) is 0 Å². The van der Waals surface area contributed by atoms with Gasteiger partial charge in [-0.2, -0.15) is 5.26 Å². The highest BCUT2D eigenvalue weighted by Gasteiger charge is 2.33. The fourth-order valence-electron chi connectivity index (χ4n) is 3.45. The van der Waals surface area contributed by atoms with Gasteiger partial charge in [-0.05, 0) is 73.7 Å². The minimum absolute atomic E-state index is 0.185. The average Bonchev–Trinajstić information content (AvgIpc) is 2.58. The Morgan fingerprint density at radius 1 is 1.21 bits per heavy atom. The zero-order chi connectivity index (χ0) is 17.3. The van der Waals surface area contributed by atoms with Gasteiger partial charge in [0.25, 0.3) is 0 Å². The number of fused-ring (bicyclic) bond motifs is 1. The lowest BCUT2D eigenvalue weighted by Gasteiger charge is -2.45. The van der Waals surface area contributed by atoms with Crippen molar-refractivity contribution in [2.45, 2.75) is 38.6 Å². The van der Waals surface area contributed by atoms with Crippen molar-refractivity contribution in [1.29, 1.82) is 5.26 Å². The average molecular weight is 317 g/mol. The van der Waals surface area contributed by atoms with Crippen LogP contribution in [0, 0.1) is 11.3 Å². The summed E-state index contributed by atoms with van der Waals surface area (Å²) in [6.07, 6.45) is 3.04. The Hall–Kier alpha value is -2.60. The van der Waals surface area contributed by atoms with E-state index in [2.05, 4.69) is 62.0 Å². The van der Waals surface area contributed by atoms with E-state index in [4.69, 9.17) is 5.26 Å². The lowest BCUT2D eigenvalue weighted by Crippen LogP contribution is -2.45. The summed E-state index contributed by atoms with van der Waals surface area (Å²) >= 11 is 0. The van der Waals surface area contributed by atoms with Crippen molar-refractivity contribution in [1.82, 2.24) is 0 Å². The third-order valence-electron chi connectivity index (χ3n) is 5.02. The van der Waals surface area contributed by atoms with Crippen LogP contribution in [0.1, 0.15) is 49.8 Å². The quantitative estimate of drug-likeness (QED) is 0.729. The molecule has 0 N–H and O–H groups in total. The van der Waals surface area contributed by atoms with Crippen molar-refractivity contribution < 1.29 is 0 Å². The fraction of sp³-hybridized carbons (Fsp3) is 0.333. The molecule has 0 saturated heterocycles. The van der Waals surface area contributed by atoms with E-state index in [1.54, 1.807) is 12.1 Å².